The zero-order valence-electron chi connectivity index (χ0n) is 18.6. The summed E-state index contributed by atoms with van der Waals surface area (Å²) in [5.41, 5.74) is 0.279. The highest BCUT2D eigenvalue weighted by Gasteiger charge is 2.48. The Kier molecular flexibility index (Phi) is 5.69. The third-order valence-corrected chi connectivity index (χ3v) is 7.51. The fourth-order valence-corrected chi connectivity index (χ4v) is 5.65. The highest BCUT2D eigenvalue weighted by Crippen LogP contribution is 2.58. The molecule has 2 saturated heterocycles. The molecule has 5 rings (SSSR count). The molecular formula is C24H25F2N3O5. The molecule has 8 nitrogen and oxygen atoms in total. The predicted molar refractivity (Wildman–Crippen MR) is 116 cm³/mol. The molecule has 1 N–H and O–H groups in total. The predicted octanol–water partition coefficient (Wildman–Crippen LogP) is 3.38. The Hall–Kier alpha value is -3.17. The van der Waals surface area contributed by atoms with E-state index in [0.717, 1.165) is 29.9 Å². The lowest BCUT2D eigenvalue weighted by Crippen LogP contribution is -2.44. The molecule has 1 spiro atoms. The van der Waals surface area contributed by atoms with Crippen molar-refractivity contribution in [3.63, 3.8) is 0 Å². The van der Waals surface area contributed by atoms with Gasteiger partial charge in [0.25, 0.3) is 0 Å². The number of nitrogens with one attached hydrogen (secondary N) is 1. The van der Waals surface area contributed by atoms with Gasteiger partial charge in [0, 0.05) is 17.7 Å². The van der Waals surface area contributed by atoms with Crippen LogP contribution in [0.1, 0.15) is 62.8 Å². The molecule has 1 aromatic carbocycles. The van der Waals surface area contributed by atoms with E-state index >= 15 is 0 Å². The highest BCUT2D eigenvalue weighted by atomic mass is 19.1. The van der Waals surface area contributed by atoms with E-state index in [1.54, 1.807) is 0 Å². The largest absolute Gasteiger partial charge is 0.448 e. The van der Waals surface area contributed by atoms with Gasteiger partial charge in [0.15, 0.2) is 0 Å². The van der Waals surface area contributed by atoms with Crippen LogP contribution in [0.3, 0.4) is 0 Å². The number of halogens is 2. The van der Waals surface area contributed by atoms with Gasteiger partial charge < -0.3 is 9.64 Å². The van der Waals surface area contributed by atoms with Crippen LogP contribution in [0.15, 0.2) is 17.1 Å². The van der Waals surface area contributed by atoms with Gasteiger partial charge in [-0.25, -0.2) is 13.6 Å². The molecule has 10 heteroatoms. The number of carbonyl (C=O) groups excluding carboxylic acids is 4. The van der Waals surface area contributed by atoms with Gasteiger partial charge in [-0.3, -0.25) is 19.7 Å². The number of benzene rings is 1. The maximum absolute atomic E-state index is 14.8. The molecule has 4 aliphatic rings. The zero-order valence-corrected chi connectivity index (χ0v) is 18.6. The molecule has 1 unspecified atom stereocenters. The summed E-state index contributed by atoms with van der Waals surface area (Å²) in [6.07, 6.45) is 5.02. The molecule has 1 atom stereocenters. The zero-order chi connectivity index (χ0) is 24.0. The molecule has 1 aromatic rings. The molecule has 2 aliphatic carbocycles. The van der Waals surface area contributed by atoms with Crippen molar-refractivity contribution in [2.24, 2.45) is 16.3 Å². The maximum Gasteiger partial charge on any atom is 0.433 e. The van der Waals surface area contributed by atoms with Crippen LogP contribution in [0.2, 0.25) is 0 Å². The van der Waals surface area contributed by atoms with Crippen molar-refractivity contribution >= 4 is 35.2 Å². The second-order valence-corrected chi connectivity index (χ2v) is 9.87. The quantitative estimate of drug-likeness (QED) is 0.675. The SMILES string of the molecule is O=C1CCC(c2c(F)cc(N3C/C(=N/C(=O)OCC4CC5(CCC5)C4)CC3=O)cc2F)C(=O)N1. The number of rotatable bonds is 4. The van der Waals surface area contributed by atoms with Gasteiger partial charge >= 0.3 is 6.09 Å². The third kappa shape index (κ3) is 4.21. The van der Waals surface area contributed by atoms with Crippen LogP contribution >= 0.6 is 0 Å². The Bertz CT molecular complexity index is 1080. The van der Waals surface area contributed by atoms with Crippen molar-refractivity contribution in [3.8, 4) is 0 Å². The minimum atomic E-state index is -1.12. The molecule has 2 heterocycles. The van der Waals surface area contributed by atoms with Gasteiger partial charge in [-0.2, -0.15) is 4.99 Å². The second kappa shape index (κ2) is 8.56. The van der Waals surface area contributed by atoms with E-state index in [-0.39, 0.29) is 37.2 Å². The summed E-state index contributed by atoms with van der Waals surface area (Å²) in [4.78, 5) is 52.9. The lowest BCUT2D eigenvalue weighted by molar-refractivity contribution is -0.134. The number of hydrogen-bond acceptors (Lipinski definition) is 5. The van der Waals surface area contributed by atoms with Crippen molar-refractivity contribution in [1.29, 1.82) is 0 Å². The molecule has 4 amide bonds. The summed E-state index contributed by atoms with van der Waals surface area (Å²) in [7, 11) is 0. The number of anilines is 1. The molecule has 2 aliphatic heterocycles. The first-order chi connectivity index (χ1) is 16.2. The van der Waals surface area contributed by atoms with E-state index < -0.39 is 46.9 Å². The molecule has 180 valence electrons. The van der Waals surface area contributed by atoms with Gasteiger partial charge in [-0.05, 0) is 55.6 Å². The Morgan fingerprint density at radius 3 is 2.50 bits per heavy atom. The Morgan fingerprint density at radius 2 is 1.88 bits per heavy atom. The number of piperidine rings is 1. The van der Waals surface area contributed by atoms with Crippen molar-refractivity contribution in [2.45, 2.75) is 57.3 Å². The number of carbonyl (C=O) groups is 4. The molecule has 34 heavy (non-hydrogen) atoms. The number of hydrogen-bond donors (Lipinski definition) is 1. The van der Waals surface area contributed by atoms with Gasteiger partial charge in [0.2, 0.25) is 17.7 Å². The van der Waals surface area contributed by atoms with E-state index in [9.17, 15) is 28.0 Å². The summed E-state index contributed by atoms with van der Waals surface area (Å²) < 4.78 is 34.9. The summed E-state index contributed by atoms with van der Waals surface area (Å²) in [5.74, 6) is -4.41. The highest BCUT2D eigenvalue weighted by molar-refractivity contribution is 6.18. The fraction of sp³-hybridized carbons (Fsp3) is 0.542. The third-order valence-electron chi connectivity index (χ3n) is 7.51. The van der Waals surface area contributed by atoms with Crippen molar-refractivity contribution in [3.05, 3.63) is 29.3 Å². The normalized spacial score (nSPS) is 25.4. The molecule has 0 radical (unpaired) electrons. The van der Waals surface area contributed by atoms with Crippen molar-refractivity contribution < 1.29 is 32.7 Å². The van der Waals surface area contributed by atoms with Crippen molar-refractivity contribution in [1.82, 2.24) is 5.32 Å². The van der Waals surface area contributed by atoms with Crippen LogP contribution < -0.4 is 10.2 Å². The van der Waals surface area contributed by atoms with Crippen LogP contribution in [0.5, 0.6) is 0 Å². The first kappa shape index (κ1) is 22.6. The van der Waals surface area contributed by atoms with Crippen molar-refractivity contribution in [2.75, 3.05) is 18.1 Å². The van der Waals surface area contributed by atoms with Gasteiger partial charge in [0.05, 0.1) is 31.2 Å². The van der Waals surface area contributed by atoms with Crippen LogP contribution in [0.25, 0.3) is 0 Å². The number of imide groups is 1. The van der Waals surface area contributed by atoms with E-state index in [2.05, 4.69) is 10.3 Å². The summed E-state index contributed by atoms with van der Waals surface area (Å²) in [5, 5.41) is 2.08. The van der Waals surface area contributed by atoms with Crippen LogP contribution in [0.4, 0.5) is 19.3 Å². The Balaban J connectivity index is 1.22. The smallest absolute Gasteiger partial charge is 0.433 e. The van der Waals surface area contributed by atoms with Crippen LogP contribution in [-0.2, 0) is 19.1 Å². The average molecular weight is 473 g/mol. The van der Waals surface area contributed by atoms with Gasteiger partial charge in [-0.15, -0.1) is 0 Å². The van der Waals surface area contributed by atoms with E-state index in [0.29, 0.717) is 17.9 Å². The monoisotopic (exact) mass is 473 g/mol. The number of nitrogens with zero attached hydrogens (tertiary/aromatic N) is 2. The molecule has 4 fully saturated rings. The first-order valence-electron chi connectivity index (χ1n) is 11.6. The minimum Gasteiger partial charge on any atom is -0.448 e. The van der Waals surface area contributed by atoms with Crippen LogP contribution in [0, 0.1) is 23.0 Å². The fourth-order valence-electron chi connectivity index (χ4n) is 5.65. The number of ether oxygens (including phenoxy) is 1. The Labute approximate surface area is 194 Å². The molecule has 2 saturated carbocycles. The first-order valence-corrected chi connectivity index (χ1v) is 11.6. The second-order valence-electron chi connectivity index (χ2n) is 9.87. The van der Waals surface area contributed by atoms with E-state index in [1.807, 2.05) is 0 Å². The summed E-state index contributed by atoms with van der Waals surface area (Å²) in [6, 6.07) is 1.96. The molecular weight excluding hydrogens is 448 g/mol. The number of amides is 4. The van der Waals surface area contributed by atoms with Gasteiger partial charge in [0.1, 0.15) is 11.6 Å². The molecule has 0 bridgehead atoms. The van der Waals surface area contributed by atoms with Crippen LogP contribution in [-0.4, -0.2) is 42.7 Å². The maximum atomic E-state index is 14.8. The standard InChI is InChI=1S/C24H25F2N3O5/c25-17-7-15(8-18(26)21(17)16-2-3-19(30)28-22(16)32)29-11-14(6-20(29)31)27-23(33)34-12-13-9-24(10-13)4-1-5-24/h7-8,13,16H,1-6,9-12H2,(H,28,30,32)/b27-14+. The Morgan fingerprint density at radius 1 is 1.18 bits per heavy atom. The van der Waals surface area contributed by atoms with E-state index in [4.69, 9.17) is 4.74 Å². The summed E-state index contributed by atoms with van der Waals surface area (Å²) in [6.45, 7) is 0.227. The van der Waals surface area contributed by atoms with E-state index in [1.165, 1.54) is 19.3 Å². The van der Waals surface area contributed by atoms with Gasteiger partial charge in [-0.1, -0.05) is 6.42 Å². The topological polar surface area (TPSA) is 105 Å². The summed E-state index contributed by atoms with van der Waals surface area (Å²) >= 11 is 0. The average Bonchev–Trinajstić information content (AvgIpc) is 3.06. The number of aliphatic imine (C=N–C) groups is 1. The lowest BCUT2D eigenvalue weighted by Gasteiger charge is -2.54. The lowest BCUT2D eigenvalue weighted by atomic mass is 9.52. The molecule has 0 aromatic heterocycles. The minimum absolute atomic E-state index is 0.00125.